The summed E-state index contributed by atoms with van der Waals surface area (Å²) in [5, 5.41) is 14.0. The lowest BCUT2D eigenvalue weighted by Crippen LogP contribution is -2.52. The molecule has 0 aliphatic carbocycles. The Bertz CT molecular complexity index is 697. The van der Waals surface area contributed by atoms with Gasteiger partial charge in [0.25, 0.3) is 0 Å². The van der Waals surface area contributed by atoms with E-state index in [0.29, 0.717) is 12.1 Å². The number of piperazine rings is 1. The first-order valence-corrected chi connectivity index (χ1v) is 9.71. The fourth-order valence-corrected chi connectivity index (χ4v) is 3.74. The normalized spacial score (nSPS) is 19.3. The summed E-state index contributed by atoms with van der Waals surface area (Å²) in [6, 6.07) is 9.41. The zero-order chi connectivity index (χ0) is 18.5. The molecular formula is C21H32N4O. The highest BCUT2D eigenvalue weighted by atomic mass is 16.3. The van der Waals surface area contributed by atoms with Crippen molar-refractivity contribution in [2.75, 3.05) is 26.2 Å². The van der Waals surface area contributed by atoms with Gasteiger partial charge >= 0.3 is 0 Å². The van der Waals surface area contributed by atoms with Gasteiger partial charge in [0.2, 0.25) is 0 Å². The number of rotatable bonds is 7. The number of hydrogen-bond acceptors (Lipinski definition) is 4. The first-order valence-electron chi connectivity index (χ1n) is 9.71. The number of aryl methyl sites for hydroxylation is 1. The predicted octanol–water partition coefficient (Wildman–Crippen LogP) is 2.84. The van der Waals surface area contributed by atoms with Crippen molar-refractivity contribution < 1.29 is 5.11 Å². The van der Waals surface area contributed by atoms with Crippen LogP contribution in [0.4, 0.5) is 0 Å². The third kappa shape index (κ3) is 4.72. The Balaban J connectivity index is 1.62. The van der Waals surface area contributed by atoms with E-state index >= 15 is 0 Å². The van der Waals surface area contributed by atoms with Gasteiger partial charge in [-0.05, 0) is 38.3 Å². The summed E-state index contributed by atoms with van der Waals surface area (Å²) in [5.41, 5.74) is 4.01. The molecule has 1 aliphatic rings. The largest absolute Gasteiger partial charge is 0.396 e. The molecule has 0 bridgehead atoms. The molecule has 1 aliphatic heterocycles. The van der Waals surface area contributed by atoms with Gasteiger partial charge in [-0.3, -0.25) is 14.5 Å². The topological polar surface area (TPSA) is 44.5 Å². The molecule has 0 radical (unpaired) electrons. The van der Waals surface area contributed by atoms with Crippen LogP contribution in [-0.2, 0) is 13.1 Å². The summed E-state index contributed by atoms with van der Waals surface area (Å²) in [5.74, 6) is 0. The SMILES string of the molecule is Cc1ccccc1CN1CCN(Cc2cnn(C(C)C)c2)CC1CCO. The monoisotopic (exact) mass is 356 g/mol. The predicted molar refractivity (Wildman–Crippen MR) is 105 cm³/mol. The van der Waals surface area contributed by atoms with E-state index in [9.17, 15) is 5.11 Å². The molecule has 1 saturated heterocycles. The highest BCUT2D eigenvalue weighted by molar-refractivity contribution is 5.25. The summed E-state index contributed by atoms with van der Waals surface area (Å²) < 4.78 is 2.02. The van der Waals surface area contributed by atoms with E-state index in [2.05, 4.69) is 66.1 Å². The van der Waals surface area contributed by atoms with E-state index in [1.54, 1.807) is 0 Å². The minimum absolute atomic E-state index is 0.244. The van der Waals surface area contributed by atoms with Crippen LogP contribution in [0.15, 0.2) is 36.7 Å². The average molecular weight is 357 g/mol. The van der Waals surface area contributed by atoms with Gasteiger partial charge in [0.1, 0.15) is 0 Å². The van der Waals surface area contributed by atoms with Crippen molar-refractivity contribution in [2.45, 2.75) is 52.4 Å². The van der Waals surface area contributed by atoms with Gasteiger partial charge in [0.15, 0.2) is 0 Å². The zero-order valence-electron chi connectivity index (χ0n) is 16.3. The number of aliphatic hydroxyl groups is 1. The van der Waals surface area contributed by atoms with Crippen molar-refractivity contribution in [1.29, 1.82) is 0 Å². The van der Waals surface area contributed by atoms with Crippen molar-refractivity contribution in [3.8, 4) is 0 Å². The smallest absolute Gasteiger partial charge is 0.0534 e. The van der Waals surface area contributed by atoms with Crippen LogP contribution in [-0.4, -0.2) is 57.0 Å². The quantitative estimate of drug-likeness (QED) is 0.829. The average Bonchev–Trinajstić information content (AvgIpc) is 3.08. The van der Waals surface area contributed by atoms with Crippen LogP contribution in [0.1, 0.15) is 43.0 Å². The first kappa shape index (κ1) is 19.1. The van der Waals surface area contributed by atoms with E-state index in [4.69, 9.17) is 0 Å². The van der Waals surface area contributed by atoms with E-state index in [0.717, 1.165) is 39.1 Å². The van der Waals surface area contributed by atoms with Gasteiger partial charge in [-0.2, -0.15) is 5.10 Å². The standard InChI is InChI=1S/C21H32N4O/c1-17(2)25-14-19(12-22-25)13-23-9-10-24(21(16-23)8-11-26)15-20-7-5-4-6-18(20)3/h4-7,12,14,17,21,26H,8-11,13,15-16H2,1-3H3. The van der Waals surface area contributed by atoms with E-state index in [1.165, 1.54) is 16.7 Å². The van der Waals surface area contributed by atoms with Gasteiger partial charge in [0, 0.05) is 63.2 Å². The lowest BCUT2D eigenvalue weighted by atomic mass is 10.0. The fourth-order valence-electron chi connectivity index (χ4n) is 3.74. The number of hydrogen-bond donors (Lipinski definition) is 1. The summed E-state index contributed by atoms with van der Waals surface area (Å²) in [6.45, 7) is 11.7. The Morgan fingerprint density at radius 1 is 1.19 bits per heavy atom. The van der Waals surface area contributed by atoms with Gasteiger partial charge in [-0.25, -0.2) is 0 Å². The number of aliphatic hydroxyl groups excluding tert-OH is 1. The molecule has 142 valence electrons. The molecular weight excluding hydrogens is 324 g/mol. The molecule has 1 aromatic carbocycles. The molecule has 0 saturated carbocycles. The van der Waals surface area contributed by atoms with Gasteiger partial charge in [0.05, 0.1) is 6.20 Å². The lowest BCUT2D eigenvalue weighted by molar-refractivity contribution is 0.0498. The second-order valence-corrected chi connectivity index (χ2v) is 7.72. The number of nitrogens with zero attached hydrogens (tertiary/aromatic N) is 4. The molecule has 5 heteroatoms. The molecule has 0 spiro atoms. The van der Waals surface area contributed by atoms with Crippen LogP contribution < -0.4 is 0 Å². The highest BCUT2D eigenvalue weighted by Crippen LogP contribution is 2.20. The maximum atomic E-state index is 9.54. The van der Waals surface area contributed by atoms with Crippen LogP contribution in [0, 0.1) is 6.92 Å². The van der Waals surface area contributed by atoms with E-state index < -0.39 is 0 Å². The van der Waals surface area contributed by atoms with Crippen molar-refractivity contribution >= 4 is 0 Å². The summed E-state index contributed by atoms with van der Waals surface area (Å²) in [7, 11) is 0. The molecule has 2 aromatic rings. The first-order chi connectivity index (χ1) is 12.6. The second kappa shape index (κ2) is 8.80. The summed E-state index contributed by atoms with van der Waals surface area (Å²) >= 11 is 0. The van der Waals surface area contributed by atoms with Crippen LogP contribution in [0.2, 0.25) is 0 Å². The highest BCUT2D eigenvalue weighted by Gasteiger charge is 2.27. The minimum Gasteiger partial charge on any atom is -0.396 e. The molecule has 0 amide bonds. The van der Waals surface area contributed by atoms with Crippen molar-refractivity contribution in [3.05, 3.63) is 53.3 Å². The summed E-state index contributed by atoms with van der Waals surface area (Å²) in [4.78, 5) is 5.03. The number of aromatic nitrogens is 2. The van der Waals surface area contributed by atoms with Crippen molar-refractivity contribution in [2.24, 2.45) is 0 Å². The molecule has 2 heterocycles. The molecule has 1 unspecified atom stereocenters. The van der Waals surface area contributed by atoms with E-state index in [1.807, 2.05) is 10.9 Å². The van der Waals surface area contributed by atoms with Gasteiger partial charge < -0.3 is 5.11 Å². The van der Waals surface area contributed by atoms with Crippen molar-refractivity contribution in [3.63, 3.8) is 0 Å². The summed E-state index contributed by atoms with van der Waals surface area (Å²) in [6.07, 6.45) is 4.97. The van der Waals surface area contributed by atoms with Crippen LogP contribution in [0.25, 0.3) is 0 Å². The molecule has 1 atom stereocenters. The minimum atomic E-state index is 0.244. The molecule has 26 heavy (non-hydrogen) atoms. The Hall–Kier alpha value is -1.69. The second-order valence-electron chi connectivity index (χ2n) is 7.72. The van der Waals surface area contributed by atoms with Crippen LogP contribution in [0.3, 0.4) is 0 Å². The molecule has 5 nitrogen and oxygen atoms in total. The van der Waals surface area contributed by atoms with Gasteiger partial charge in [-0.15, -0.1) is 0 Å². The number of benzene rings is 1. The zero-order valence-corrected chi connectivity index (χ0v) is 16.3. The molecule has 1 fully saturated rings. The fraction of sp³-hybridized carbons (Fsp3) is 0.571. The third-order valence-electron chi connectivity index (χ3n) is 5.38. The molecule has 1 aromatic heterocycles. The van der Waals surface area contributed by atoms with Gasteiger partial charge in [-0.1, -0.05) is 24.3 Å². The Morgan fingerprint density at radius 3 is 2.69 bits per heavy atom. The third-order valence-corrected chi connectivity index (χ3v) is 5.38. The Kier molecular flexibility index (Phi) is 6.46. The van der Waals surface area contributed by atoms with E-state index in [-0.39, 0.29) is 6.61 Å². The molecule has 3 rings (SSSR count). The Morgan fingerprint density at radius 2 is 2.00 bits per heavy atom. The van der Waals surface area contributed by atoms with Crippen LogP contribution >= 0.6 is 0 Å². The van der Waals surface area contributed by atoms with Crippen LogP contribution in [0.5, 0.6) is 0 Å². The molecule has 1 N–H and O–H groups in total. The maximum absolute atomic E-state index is 9.54. The van der Waals surface area contributed by atoms with Crippen molar-refractivity contribution in [1.82, 2.24) is 19.6 Å². The lowest BCUT2D eigenvalue weighted by Gasteiger charge is -2.41. The maximum Gasteiger partial charge on any atom is 0.0534 e. The Labute approximate surface area is 157 Å².